The zero-order valence-corrected chi connectivity index (χ0v) is 4.24. The molecule has 0 heterocycles. The Morgan fingerprint density at radius 1 is 0.500 bits per heavy atom. The second-order valence-corrected chi connectivity index (χ2v) is 2.12. The molecule has 0 aliphatic heterocycles. The zero-order valence-electron chi connectivity index (χ0n) is 4.24. The summed E-state index contributed by atoms with van der Waals surface area (Å²) in [5, 5.41) is 0. The fourth-order valence-electron chi connectivity index (χ4n) is 1.06. The topological polar surface area (TPSA) is 0 Å². The smallest absolute Gasteiger partial charge is 0 e. The predicted octanol–water partition coefficient (Wildman–Crippen LogP) is 2.59. The Hall–Kier alpha value is 0. The van der Waals surface area contributed by atoms with E-state index in [0.29, 0.717) is 0 Å². The van der Waals surface area contributed by atoms with Crippen LogP contribution in [0.4, 0.5) is 0 Å². The van der Waals surface area contributed by atoms with Gasteiger partial charge in [-0.2, -0.15) is 0 Å². The first-order valence-electron chi connectivity index (χ1n) is 3.00. The highest BCUT2D eigenvalue weighted by Crippen LogP contribution is 2.15. The van der Waals surface area contributed by atoms with Crippen molar-refractivity contribution < 1.29 is 1.43 Å². The molecule has 0 aromatic carbocycles. The fraction of sp³-hybridized carbons (Fsp3) is 1.00. The van der Waals surface area contributed by atoms with E-state index in [1.165, 1.54) is 38.5 Å². The van der Waals surface area contributed by atoms with E-state index in [9.17, 15) is 0 Å². The van der Waals surface area contributed by atoms with Crippen molar-refractivity contribution in [2.45, 2.75) is 38.5 Å². The molecule has 1 aliphatic carbocycles. The molecule has 0 N–H and O–H groups in total. The molecule has 0 amide bonds. The molecule has 0 unspecified atom stereocenters. The lowest BCUT2D eigenvalue weighted by atomic mass is 10.0. The molecule has 38 valence electrons. The largest absolute Gasteiger partial charge is 0.0533 e. The third-order valence-electron chi connectivity index (χ3n) is 1.50. The molecule has 0 nitrogen and oxygen atoms in total. The van der Waals surface area contributed by atoms with Gasteiger partial charge in [-0.3, -0.25) is 0 Å². The first-order valence-corrected chi connectivity index (χ1v) is 3.00. The van der Waals surface area contributed by atoms with Gasteiger partial charge in [-0.05, 0) is 0 Å². The molecule has 0 heteroatoms. The summed E-state index contributed by atoms with van der Waals surface area (Å²) in [5.41, 5.74) is 0. The quantitative estimate of drug-likeness (QED) is 0.425. The Kier molecular flexibility index (Phi) is 1.54. The highest BCUT2D eigenvalue weighted by molar-refractivity contribution is 4.51. The number of rotatable bonds is 0. The van der Waals surface area contributed by atoms with Crippen LogP contribution < -0.4 is 0 Å². The third-order valence-corrected chi connectivity index (χ3v) is 1.50. The molecule has 0 saturated heterocycles. The molecule has 6 heavy (non-hydrogen) atoms. The van der Waals surface area contributed by atoms with Gasteiger partial charge in [0.15, 0.2) is 0 Å². The molecule has 1 aliphatic rings. The number of hydrogen-bond acceptors (Lipinski definition) is 0. The normalized spacial score (nSPS) is 24.0. The monoisotopic (exact) mass is 86.1 g/mol. The Bertz CT molecular complexity index is 19.7. The molecule has 1 rings (SSSR count). The summed E-state index contributed by atoms with van der Waals surface area (Å²) in [5.74, 6) is 0. The fourth-order valence-corrected chi connectivity index (χ4v) is 1.06. The van der Waals surface area contributed by atoms with Crippen molar-refractivity contribution in [2.75, 3.05) is 0 Å². The van der Waals surface area contributed by atoms with E-state index < -0.39 is 0 Å². The van der Waals surface area contributed by atoms with E-state index in [1.807, 2.05) is 0 Å². The van der Waals surface area contributed by atoms with Gasteiger partial charge in [-0.25, -0.2) is 0 Å². The maximum Gasteiger partial charge on any atom is 0 e. The molecule has 1 fully saturated rings. The van der Waals surface area contributed by atoms with Crippen molar-refractivity contribution in [3.63, 3.8) is 0 Å². The Morgan fingerprint density at radius 2 is 0.667 bits per heavy atom. The van der Waals surface area contributed by atoms with Crippen molar-refractivity contribution in [3.05, 3.63) is 0 Å². The van der Waals surface area contributed by atoms with Crippen molar-refractivity contribution in [3.8, 4) is 0 Å². The van der Waals surface area contributed by atoms with Gasteiger partial charge in [-0.15, -0.1) is 0 Å². The third kappa shape index (κ3) is 1.00. The minimum Gasteiger partial charge on any atom is -0.0533 e. The van der Waals surface area contributed by atoms with Crippen LogP contribution in [0, 0.1) is 0 Å². The lowest BCUT2D eigenvalue weighted by molar-refractivity contribution is 0.504. The zero-order chi connectivity index (χ0) is 4.24. The second kappa shape index (κ2) is 2.22. The van der Waals surface area contributed by atoms with Gasteiger partial charge in [0.05, 0.1) is 0 Å². The van der Waals surface area contributed by atoms with Crippen molar-refractivity contribution >= 4 is 0 Å². The minimum atomic E-state index is 0. The van der Waals surface area contributed by atoms with Crippen LogP contribution in [-0.2, 0) is 0 Å². The van der Waals surface area contributed by atoms with Crippen LogP contribution >= 0.6 is 0 Å². The van der Waals surface area contributed by atoms with Gasteiger partial charge >= 0.3 is 0 Å². The summed E-state index contributed by atoms with van der Waals surface area (Å²) in [6, 6.07) is 0. The van der Waals surface area contributed by atoms with Crippen LogP contribution in [0.15, 0.2) is 0 Å². The van der Waals surface area contributed by atoms with Crippen molar-refractivity contribution in [1.29, 1.82) is 0 Å². The van der Waals surface area contributed by atoms with Gasteiger partial charge in [0.25, 0.3) is 0 Å². The van der Waals surface area contributed by atoms with E-state index in [2.05, 4.69) is 0 Å². The molecule has 1 saturated carbocycles. The predicted molar refractivity (Wildman–Crippen MR) is 29.8 cm³/mol. The van der Waals surface area contributed by atoms with Gasteiger partial charge in [0.2, 0.25) is 0 Å². The minimum absolute atomic E-state index is 0. The molecule has 0 bridgehead atoms. The van der Waals surface area contributed by atoms with Crippen LogP contribution in [0.3, 0.4) is 0 Å². The van der Waals surface area contributed by atoms with Crippen LogP contribution in [0.1, 0.15) is 40.0 Å². The summed E-state index contributed by atoms with van der Waals surface area (Å²) in [6.07, 6.45) is 9.00. The highest BCUT2D eigenvalue weighted by Gasteiger charge is 1.95. The SMILES string of the molecule is C1CCCCC1.[HH]. The molecule has 0 aromatic heterocycles. The van der Waals surface area contributed by atoms with Crippen LogP contribution in [0.5, 0.6) is 0 Å². The van der Waals surface area contributed by atoms with Gasteiger partial charge in [0, 0.05) is 1.43 Å². The summed E-state index contributed by atoms with van der Waals surface area (Å²) in [7, 11) is 0. The summed E-state index contributed by atoms with van der Waals surface area (Å²) in [6.45, 7) is 0. The first-order chi connectivity index (χ1) is 3.00. The van der Waals surface area contributed by atoms with Gasteiger partial charge < -0.3 is 0 Å². The summed E-state index contributed by atoms with van der Waals surface area (Å²) >= 11 is 0. The van der Waals surface area contributed by atoms with Crippen LogP contribution in [0.2, 0.25) is 0 Å². The van der Waals surface area contributed by atoms with E-state index in [4.69, 9.17) is 0 Å². The van der Waals surface area contributed by atoms with Crippen LogP contribution in [-0.4, -0.2) is 0 Å². The summed E-state index contributed by atoms with van der Waals surface area (Å²) in [4.78, 5) is 0. The van der Waals surface area contributed by atoms with E-state index in [-0.39, 0.29) is 1.43 Å². The molecular formula is C6H14. The molecule has 0 spiro atoms. The average Bonchev–Trinajstić information content (AvgIpc) is 1.72. The van der Waals surface area contributed by atoms with Crippen LogP contribution in [0.25, 0.3) is 0 Å². The average molecular weight is 86.2 g/mol. The lowest BCUT2D eigenvalue weighted by Crippen LogP contribution is -1.85. The Balaban J connectivity index is 0.000000360. The van der Waals surface area contributed by atoms with Gasteiger partial charge in [0.1, 0.15) is 0 Å². The molecule has 0 atom stereocenters. The Labute approximate surface area is 41.0 Å². The van der Waals surface area contributed by atoms with E-state index in [0.717, 1.165) is 0 Å². The van der Waals surface area contributed by atoms with Crippen molar-refractivity contribution in [1.82, 2.24) is 0 Å². The molecular weight excluding hydrogens is 72.1 g/mol. The lowest BCUT2D eigenvalue weighted by Gasteiger charge is -2.05. The van der Waals surface area contributed by atoms with Crippen molar-refractivity contribution in [2.24, 2.45) is 0 Å². The van der Waals surface area contributed by atoms with E-state index in [1.54, 1.807) is 0 Å². The highest BCUT2D eigenvalue weighted by atomic mass is 14.0. The van der Waals surface area contributed by atoms with E-state index >= 15 is 0 Å². The molecule has 0 radical (unpaired) electrons. The Morgan fingerprint density at radius 3 is 0.833 bits per heavy atom. The first kappa shape index (κ1) is 4.17. The second-order valence-electron chi connectivity index (χ2n) is 2.12. The number of hydrogen-bond donors (Lipinski definition) is 0. The summed E-state index contributed by atoms with van der Waals surface area (Å²) < 4.78 is 0. The molecule has 0 aromatic rings. The standard InChI is InChI=1S/C6H12.H2/c1-2-4-6-5-3-1;/h1-6H2;1H. The maximum atomic E-state index is 1.50. The maximum absolute atomic E-state index is 1.50. The van der Waals surface area contributed by atoms with Gasteiger partial charge in [-0.1, -0.05) is 38.5 Å².